The van der Waals surface area contributed by atoms with Crippen LogP contribution in [0.15, 0.2) is 12.5 Å². The van der Waals surface area contributed by atoms with Crippen LogP contribution in [-0.4, -0.2) is 80.7 Å². The van der Waals surface area contributed by atoms with Crippen molar-refractivity contribution in [2.45, 2.75) is 83.1 Å². The molecule has 0 aromatic carbocycles. The van der Waals surface area contributed by atoms with E-state index in [4.69, 9.17) is 11.5 Å². The molecule has 1 heterocycles. The molecule has 13 nitrogen and oxygen atoms in total. The van der Waals surface area contributed by atoms with E-state index < -0.39 is 54.0 Å². The summed E-state index contributed by atoms with van der Waals surface area (Å²) in [4.78, 5) is 56.7. The highest BCUT2D eigenvalue weighted by molar-refractivity contribution is 5.94. The van der Waals surface area contributed by atoms with Crippen molar-refractivity contribution in [2.24, 2.45) is 17.4 Å². The van der Waals surface area contributed by atoms with Crippen LogP contribution >= 0.6 is 0 Å². The van der Waals surface area contributed by atoms with Gasteiger partial charge >= 0.3 is 5.97 Å². The van der Waals surface area contributed by atoms with Gasteiger partial charge in [0, 0.05) is 18.3 Å². The van der Waals surface area contributed by atoms with Gasteiger partial charge in [-0.25, -0.2) is 9.78 Å². The molecule has 5 atom stereocenters. The molecule has 0 radical (unpaired) electrons. The summed E-state index contributed by atoms with van der Waals surface area (Å²) >= 11 is 0. The lowest BCUT2D eigenvalue weighted by atomic mass is 10.0. The molecule has 1 aromatic rings. The summed E-state index contributed by atoms with van der Waals surface area (Å²) in [6, 6.07) is -4.63. The number of rotatable bonds is 16. The Kier molecular flexibility index (Phi) is 12.9. The smallest absolute Gasteiger partial charge is 0.326 e. The SMILES string of the molecule is CC(C)CC(N)C(=O)NC(Cc1cnc[nH]1)C(=O)NC(C(=O)NC(CCCCN)C(=O)O)C(C)O. The van der Waals surface area contributed by atoms with E-state index in [-0.39, 0.29) is 18.8 Å². The number of aromatic nitrogens is 2. The Morgan fingerprint density at radius 1 is 1.03 bits per heavy atom. The van der Waals surface area contributed by atoms with Crippen LogP contribution in [0.5, 0.6) is 0 Å². The van der Waals surface area contributed by atoms with E-state index in [0.717, 1.165) is 0 Å². The molecular formula is C22H39N7O6. The fraction of sp³-hybridized carbons (Fsp3) is 0.682. The van der Waals surface area contributed by atoms with Crippen molar-refractivity contribution in [3.63, 3.8) is 0 Å². The van der Waals surface area contributed by atoms with Crippen molar-refractivity contribution in [3.8, 4) is 0 Å². The lowest BCUT2D eigenvalue weighted by Crippen LogP contribution is -2.60. The van der Waals surface area contributed by atoms with Gasteiger partial charge in [0.2, 0.25) is 17.7 Å². The van der Waals surface area contributed by atoms with Gasteiger partial charge in [0.05, 0.1) is 18.5 Å². The first-order valence-electron chi connectivity index (χ1n) is 11.7. The van der Waals surface area contributed by atoms with Crippen LogP contribution < -0.4 is 27.4 Å². The second-order valence-corrected chi connectivity index (χ2v) is 8.99. The number of carbonyl (C=O) groups excluding carboxylic acids is 3. The highest BCUT2D eigenvalue weighted by Crippen LogP contribution is 2.07. The van der Waals surface area contributed by atoms with Crippen LogP contribution in [0.25, 0.3) is 0 Å². The third-order valence-electron chi connectivity index (χ3n) is 5.30. The number of carboxylic acids is 1. The molecular weight excluding hydrogens is 458 g/mol. The Balaban J connectivity index is 2.97. The van der Waals surface area contributed by atoms with Gasteiger partial charge in [-0.3, -0.25) is 14.4 Å². The minimum absolute atomic E-state index is 0.0248. The molecule has 0 aliphatic carbocycles. The summed E-state index contributed by atoms with van der Waals surface area (Å²) in [6.07, 6.45) is 3.20. The van der Waals surface area contributed by atoms with Gasteiger partial charge in [0.1, 0.15) is 18.1 Å². The van der Waals surface area contributed by atoms with Gasteiger partial charge in [-0.05, 0) is 45.1 Å². The topological polar surface area (TPSA) is 226 Å². The number of nitrogens with zero attached hydrogens (tertiary/aromatic N) is 1. The number of nitrogens with two attached hydrogens (primary N) is 2. The molecule has 10 N–H and O–H groups in total. The summed E-state index contributed by atoms with van der Waals surface area (Å²) in [6.45, 7) is 5.50. The molecule has 5 unspecified atom stereocenters. The Labute approximate surface area is 204 Å². The fourth-order valence-electron chi connectivity index (χ4n) is 3.39. The predicted molar refractivity (Wildman–Crippen MR) is 128 cm³/mol. The molecule has 0 aliphatic heterocycles. The van der Waals surface area contributed by atoms with Crippen molar-refractivity contribution in [1.29, 1.82) is 0 Å². The second kappa shape index (κ2) is 15.1. The van der Waals surface area contributed by atoms with Crippen molar-refractivity contribution >= 4 is 23.7 Å². The number of unbranched alkanes of at least 4 members (excludes halogenated alkanes) is 1. The normalized spacial score (nSPS) is 15.5. The van der Waals surface area contributed by atoms with Crippen LogP contribution in [0.2, 0.25) is 0 Å². The molecule has 1 aromatic heterocycles. The summed E-state index contributed by atoms with van der Waals surface area (Å²) < 4.78 is 0. The van der Waals surface area contributed by atoms with E-state index in [1.807, 2.05) is 13.8 Å². The van der Waals surface area contributed by atoms with Gasteiger partial charge < -0.3 is 42.6 Å². The number of nitrogens with one attached hydrogen (secondary N) is 4. The first kappa shape index (κ1) is 30.0. The number of carboxylic acid groups (broad SMARTS) is 1. The quantitative estimate of drug-likeness (QED) is 0.123. The number of hydrogen-bond acceptors (Lipinski definition) is 8. The third kappa shape index (κ3) is 10.8. The average Bonchev–Trinajstić information content (AvgIpc) is 3.28. The summed E-state index contributed by atoms with van der Waals surface area (Å²) in [5.74, 6) is -3.24. The number of imidazole rings is 1. The highest BCUT2D eigenvalue weighted by atomic mass is 16.4. The molecule has 0 spiro atoms. The minimum atomic E-state index is -1.45. The number of aromatic amines is 1. The zero-order valence-corrected chi connectivity index (χ0v) is 20.5. The molecule has 13 heteroatoms. The van der Waals surface area contributed by atoms with Gasteiger partial charge in [-0.2, -0.15) is 0 Å². The molecule has 3 amide bonds. The molecule has 0 saturated carbocycles. The monoisotopic (exact) mass is 497 g/mol. The number of aliphatic carboxylic acids is 1. The molecule has 0 fully saturated rings. The van der Waals surface area contributed by atoms with Crippen LogP contribution in [0.4, 0.5) is 0 Å². The third-order valence-corrected chi connectivity index (χ3v) is 5.30. The number of amides is 3. The van der Waals surface area contributed by atoms with Gasteiger partial charge in [0.25, 0.3) is 0 Å². The molecule has 35 heavy (non-hydrogen) atoms. The molecule has 198 valence electrons. The number of H-pyrrole nitrogens is 1. The Bertz CT molecular complexity index is 815. The first-order valence-corrected chi connectivity index (χ1v) is 11.7. The summed E-state index contributed by atoms with van der Waals surface area (Å²) in [5, 5.41) is 26.9. The van der Waals surface area contributed by atoms with Crippen molar-refractivity contribution in [3.05, 3.63) is 18.2 Å². The maximum absolute atomic E-state index is 13.1. The van der Waals surface area contributed by atoms with E-state index in [0.29, 0.717) is 31.5 Å². The van der Waals surface area contributed by atoms with Gasteiger partial charge in [0.15, 0.2) is 0 Å². The Morgan fingerprint density at radius 3 is 2.20 bits per heavy atom. The maximum Gasteiger partial charge on any atom is 0.326 e. The van der Waals surface area contributed by atoms with E-state index in [1.54, 1.807) is 0 Å². The minimum Gasteiger partial charge on any atom is -0.480 e. The average molecular weight is 498 g/mol. The number of aliphatic hydroxyl groups excluding tert-OH is 1. The summed E-state index contributed by atoms with van der Waals surface area (Å²) in [5.41, 5.74) is 11.9. The lowest BCUT2D eigenvalue weighted by molar-refractivity contribution is -0.143. The number of hydrogen-bond donors (Lipinski definition) is 8. The number of carbonyl (C=O) groups is 4. The summed E-state index contributed by atoms with van der Waals surface area (Å²) in [7, 11) is 0. The van der Waals surface area contributed by atoms with Crippen molar-refractivity contribution in [1.82, 2.24) is 25.9 Å². The highest BCUT2D eigenvalue weighted by Gasteiger charge is 2.33. The van der Waals surface area contributed by atoms with Crippen LogP contribution in [-0.2, 0) is 25.6 Å². The zero-order chi connectivity index (χ0) is 26.5. The zero-order valence-electron chi connectivity index (χ0n) is 20.5. The van der Waals surface area contributed by atoms with Crippen LogP contribution in [0, 0.1) is 5.92 Å². The van der Waals surface area contributed by atoms with E-state index in [2.05, 4.69) is 25.9 Å². The van der Waals surface area contributed by atoms with Crippen molar-refractivity contribution in [2.75, 3.05) is 6.54 Å². The predicted octanol–water partition coefficient (Wildman–Crippen LogP) is -1.63. The molecule has 0 bridgehead atoms. The van der Waals surface area contributed by atoms with Crippen molar-refractivity contribution < 1.29 is 29.4 Å². The Morgan fingerprint density at radius 2 is 1.69 bits per heavy atom. The largest absolute Gasteiger partial charge is 0.480 e. The Hall–Kier alpha value is -3.03. The molecule has 0 saturated heterocycles. The van der Waals surface area contributed by atoms with Crippen LogP contribution in [0.1, 0.15) is 52.1 Å². The standard InChI is InChI=1S/C22H39N7O6/c1-12(2)8-15(24)19(31)28-17(9-14-10-25-11-26-14)20(32)29-18(13(3)30)21(33)27-16(22(34)35)6-4-5-7-23/h10-13,15-18,30H,4-9,23-24H2,1-3H3,(H,25,26)(H,27,33)(H,28,31)(H,29,32)(H,34,35). The number of aliphatic hydroxyl groups is 1. The fourth-order valence-corrected chi connectivity index (χ4v) is 3.39. The lowest BCUT2D eigenvalue weighted by Gasteiger charge is -2.26. The van der Waals surface area contributed by atoms with Crippen LogP contribution in [0.3, 0.4) is 0 Å². The van der Waals surface area contributed by atoms with Gasteiger partial charge in [-0.15, -0.1) is 0 Å². The van der Waals surface area contributed by atoms with Gasteiger partial charge in [-0.1, -0.05) is 13.8 Å². The van der Waals surface area contributed by atoms with E-state index in [9.17, 15) is 29.4 Å². The molecule has 1 rings (SSSR count). The maximum atomic E-state index is 13.1. The molecule has 0 aliphatic rings. The van der Waals surface area contributed by atoms with E-state index >= 15 is 0 Å². The first-order chi connectivity index (χ1) is 16.5. The second-order valence-electron chi connectivity index (χ2n) is 8.99. The van der Waals surface area contributed by atoms with E-state index in [1.165, 1.54) is 19.4 Å².